The maximum Gasteiger partial charge on any atom is 0.169 e. The van der Waals surface area contributed by atoms with Crippen LogP contribution in [0.2, 0.25) is 0 Å². The van der Waals surface area contributed by atoms with Crippen LogP contribution in [0.4, 0.5) is 4.39 Å². The van der Waals surface area contributed by atoms with Crippen LogP contribution in [0.3, 0.4) is 0 Å². The number of halogens is 1. The lowest BCUT2D eigenvalue weighted by Gasteiger charge is -2.10. The van der Waals surface area contributed by atoms with Crippen LogP contribution in [0.1, 0.15) is 11.8 Å². The van der Waals surface area contributed by atoms with Gasteiger partial charge < -0.3 is 4.42 Å². The number of furan rings is 1. The van der Waals surface area contributed by atoms with Crippen molar-refractivity contribution in [2.45, 2.75) is 6.04 Å². The van der Waals surface area contributed by atoms with Gasteiger partial charge in [-0.1, -0.05) is 12.1 Å². The van der Waals surface area contributed by atoms with Crippen LogP contribution in [-0.4, -0.2) is 12.0 Å². The molecule has 2 aromatic rings. The molecule has 3 nitrogen and oxygen atoms in total. The number of thioether (sulfide) groups is 1. The Balaban J connectivity index is 2.42. The van der Waals surface area contributed by atoms with Crippen LogP contribution in [0, 0.1) is 5.82 Å². The molecule has 0 aliphatic carbocycles. The van der Waals surface area contributed by atoms with Gasteiger partial charge in [-0.3, -0.25) is 5.84 Å². The predicted molar refractivity (Wildman–Crippen MR) is 64.6 cm³/mol. The number of benzene rings is 1. The zero-order valence-electron chi connectivity index (χ0n) is 8.87. The fourth-order valence-corrected chi connectivity index (χ4v) is 2.19. The highest BCUT2D eigenvalue weighted by atomic mass is 32.2. The van der Waals surface area contributed by atoms with Gasteiger partial charge in [0.2, 0.25) is 0 Å². The normalized spacial score (nSPS) is 13.2. The molecule has 0 fully saturated rings. The number of fused-ring (bicyclic) bond motifs is 1. The van der Waals surface area contributed by atoms with E-state index in [1.54, 1.807) is 17.8 Å². The molecule has 86 valence electrons. The first-order chi connectivity index (χ1) is 7.76. The summed E-state index contributed by atoms with van der Waals surface area (Å²) in [6.07, 6.45) is 1.98. The molecule has 5 heteroatoms. The fraction of sp³-hybridized carbons (Fsp3) is 0.273. The molecule has 0 aliphatic rings. The van der Waals surface area contributed by atoms with E-state index in [0.717, 1.165) is 11.1 Å². The highest BCUT2D eigenvalue weighted by Crippen LogP contribution is 2.26. The molecule has 0 spiro atoms. The number of rotatable bonds is 4. The third-order valence-electron chi connectivity index (χ3n) is 2.39. The molecule has 2 rings (SSSR count). The van der Waals surface area contributed by atoms with Crippen LogP contribution >= 0.6 is 11.8 Å². The van der Waals surface area contributed by atoms with E-state index in [4.69, 9.17) is 10.3 Å². The minimum atomic E-state index is -0.344. The Morgan fingerprint density at radius 1 is 1.56 bits per heavy atom. The van der Waals surface area contributed by atoms with E-state index < -0.39 is 0 Å². The molecule has 0 saturated carbocycles. The lowest BCUT2D eigenvalue weighted by molar-refractivity contribution is 0.453. The van der Waals surface area contributed by atoms with E-state index in [-0.39, 0.29) is 11.9 Å². The summed E-state index contributed by atoms with van der Waals surface area (Å²) in [6.45, 7) is 0. The molecule has 1 heterocycles. The van der Waals surface area contributed by atoms with Crippen molar-refractivity contribution in [2.24, 2.45) is 5.84 Å². The number of hydrogen-bond donors (Lipinski definition) is 2. The van der Waals surface area contributed by atoms with E-state index in [1.807, 2.05) is 18.4 Å². The molecule has 1 unspecified atom stereocenters. The maximum absolute atomic E-state index is 13.4. The van der Waals surface area contributed by atoms with Crippen LogP contribution in [0.25, 0.3) is 11.0 Å². The Labute approximate surface area is 97.2 Å². The third kappa shape index (κ3) is 2.07. The first-order valence-electron chi connectivity index (χ1n) is 4.89. The van der Waals surface area contributed by atoms with Crippen molar-refractivity contribution in [1.29, 1.82) is 0 Å². The minimum Gasteiger partial charge on any atom is -0.456 e. The SMILES string of the molecule is CSCC(NN)c1cc2cccc(F)c2o1. The summed E-state index contributed by atoms with van der Waals surface area (Å²) in [5, 5.41) is 0.761. The molecule has 0 radical (unpaired) electrons. The monoisotopic (exact) mass is 240 g/mol. The molecular formula is C11H13FN2OS. The Hall–Kier alpha value is -1.04. The van der Waals surface area contributed by atoms with Crippen molar-refractivity contribution >= 4 is 22.7 Å². The number of nitrogens with two attached hydrogens (primary N) is 1. The van der Waals surface area contributed by atoms with Crippen LogP contribution in [0.5, 0.6) is 0 Å². The Morgan fingerprint density at radius 3 is 3.00 bits per heavy atom. The van der Waals surface area contributed by atoms with Gasteiger partial charge in [-0.25, -0.2) is 9.82 Å². The molecule has 1 atom stereocenters. The highest BCUT2D eigenvalue weighted by Gasteiger charge is 2.15. The quantitative estimate of drug-likeness (QED) is 0.636. The van der Waals surface area contributed by atoms with Gasteiger partial charge in [-0.05, 0) is 18.4 Å². The average molecular weight is 240 g/mol. The van der Waals surface area contributed by atoms with Gasteiger partial charge in [0.25, 0.3) is 0 Å². The van der Waals surface area contributed by atoms with Crippen molar-refractivity contribution in [3.05, 3.63) is 35.8 Å². The van der Waals surface area contributed by atoms with Crippen LogP contribution < -0.4 is 11.3 Å². The van der Waals surface area contributed by atoms with Gasteiger partial charge in [0.05, 0.1) is 6.04 Å². The van der Waals surface area contributed by atoms with E-state index >= 15 is 0 Å². The minimum absolute atomic E-state index is 0.0956. The Morgan fingerprint density at radius 2 is 2.38 bits per heavy atom. The van der Waals surface area contributed by atoms with Crippen molar-refractivity contribution in [1.82, 2.24) is 5.43 Å². The molecule has 1 aromatic carbocycles. The summed E-state index contributed by atoms with van der Waals surface area (Å²) in [6, 6.07) is 6.59. The summed E-state index contributed by atoms with van der Waals surface area (Å²) < 4.78 is 18.9. The van der Waals surface area contributed by atoms with Crippen molar-refractivity contribution in [3.63, 3.8) is 0 Å². The van der Waals surface area contributed by atoms with Crippen LogP contribution in [-0.2, 0) is 0 Å². The number of hydrazine groups is 1. The Bertz CT molecular complexity index is 486. The largest absolute Gasteiger partial charge is 0.456 e. The average Bonchev–Trinajstić information content (AvgIpc) is 2.71. The van der Waals surface area contributed by atoms with E-state index in [1.165, 1.54) is 6.07 Å². The zero-order chi connectivity index (χ0) is 11.5. The van der Waals surface area contributed by atoms with Gasteiger partial charge in [0.15, 0.2) is 11.4 Å². The molecule has 1 aromatic heterocycles. The molecule has 0 bridgehead atoms. The third-order valence-corrected chi connectivity index (χ3v) is 3.06. The molecule has 0 saturated heterocycles. The summed E-state index contributed by atoms with van der Waals surface area (Å²) in [4.78, 5) is 0. The second-order valence-electron chi connectivity index (χ2n) is 3.48. The molecule has 3 N–H and O–H groups in total. The molecule has 0 aliphatic heterocycles. The number of hydrogen-bond acceptors (Lipinski definition) is 4. The van der Waals surface area contributed by atoms with Crippen molar-refractivity contribution < 1.29 is 8.81 Å². The zero-order valence-corrected chi connectivity index (χ0v) is 9.68. The molecule has 16 heavy (non-hydrogen) atoms. The number of para-hydroxylation sites is 1. The number of nitrogens with one attached hydrogen (secondary N) is 1. The first-order valence-corrected chi connectivity index (χ1v) is 6.28. The second kappa shape index (κ2) is 4.86. The van der Waals surface area contributed by atoms with Crippen LogP contribution in [0.15, 0.2) is 28.7 Å². The van der Waals surface area contributed by atoms with Gasteiger partial charge in [-0.15, -0.1) is 0 Å². The van der Waals surface area contributed by atoms with Crippen molar-refractivity contribution in [2.75, 3.05) is 12.0 Å². The topological polar surface area (TPSA) is 51.2 Å². The first kappa shape index (κ1) is 11.4. The summed E-state index contributed by atoms with van der Waals surface area (Å²) >= 11 is 1.65. The van der Waals surface area contributed by atoms with Gasteiger partial charge in [0.1, 0.15) is 5.76 Å². The second-order valence-corrected chi connectivity index (χ2v) is 4.39. The molecule has 0 amide bonds. The summed E-state index contributed by atoms with van der Waals surface area (Å²) in [5.41, 5.74) is 2.95. The van der Waals surface area contributed by atoms with E-state index in [2.05, 4.69) is 5.43 Å². The lowest BCUT2D eigenvalue weighted by atomic mass is 10.2. The van der Waals surface area contributed by atoms with Gasteiger partial charge in [-0.2, -0.15) is 11.8 Å². The summed E-state index contributed by atoms with van der Waals surface area (Å²) in [7, 11) is 0. The highest BCUT2D eigenvalue weighted by molar-refractivity contribution is 7.98. The van der Waals surface area contributed by atoms with E-state index in [9.17, 15) is 4.39 Å². The van der Waals surface area contributed by atoms with Crippen molar-refractivity contribution in [3.8, 4) is 0 Å². The van der Waals surface area contributed by atoms with Gasteiger partial charge in [0, 0.05) is 11.1 Å². The van der Waals surface area contributed by atoms with E-state index in [0.29, 0.717) is 11.3 Å². The summed E-state index contributed by atoms with van der Waals surface area (Å²) in [5.74, 6) is 6.53. The smallest absolute Gasteiger partial charge is 0.169 e. The fourth-order valence-electron chi connectivity index (χ4n) is 1.60. The lowest BCUT2D eigenvalue weighted by Crippen LogP contribution is -2.29. The van der Waals surface area contributed by atoms with Gasteiger partial charge >= 0.3 is 0 Å². The predicted octanol–water partition coefficient (Wildman–Crippen LogP) is 2.44. The molecular weight excluding hydrogens is 227 g/mol. The maximum atomic E-state index is 13.4. The Kier molecular flexibility index (Phi) is 3.48. The standard InChI is InChI=1S/C11H13FN2OS/c1-16-6-9(14-13)10-5-7-3-2-4-8(12)11(7)15-10/h2-5,9,14H,6,13H2,1H3.